The van der Waals surface area contributed by atoms with Crippen molar-refractivity contribution in [1.29, 1.82) is 0 Å². The fourth-order valence-corrected chi connectivity index (χ4v) is 3.43. The molecule has 0 radical (unpaired) electrons. The number of aromatic nitrogens is 2. The number of carbonyl (C=O) groups is 1. The van der Waals surface area contributed by atoms with E-state index in [0.717, 1.165) is 18.5 Å². The second-order valence-corrected chi connectivity index (χ2v) is 6.28. The number of hydrogen-bond donors (Lipinski definition) is 1. The Balaban J connectivity index is 1.41. The summed E-state index contributed by atoms with van der Waals surface area (Å²) in [6, 6.07) is 7.39. The second kappa shape index (κ2) is 6.19. The van der Waals surface area contributed by atoms with Gasteiger partial charge in [0, 0.05) is 12.7 Å². The van der Waals surface area contributed by atoms with Gasteiger partial charge in [0.05, 0.1) is 12.2 Å². The number of nitrogens with zero attached hydrogens (tertiary/aromatic N) is 2. The Morgan fingerprint density at radius 3 is 2.96 bits per heavy atom. The van der Waals surface area contributed by atoms with Crippen LogP contribution in [0, 0.1) is 0 Å². The van der Waals surface area contributed by atoms with Gasteiger partial charge in [-0.2, -0.15) is 5.10 Å². The minimum Gasteiger partial charge on any atom is -0.485 e. The summed E-state index contributed by atoms with van der Waals surface area (Å²) >= 11 is 0. The van der Waals surface area contributed by atoms with Crippen LogP contribution in [0.2, 0.25) is 0 Å². The molecular weight excluding hydrogens is 306 g/mol. The minimum atomic E-state index is -0.626. The van der Waals surface area contributed by atoms with Crippen molar-refractivity contribution in [2.24, 2.45) is 7.05 Å². The van der Waals surface area contributed by atoms with E-state index in [2.05, 4.69) is 10.4 Å². The van der Waals surface area contributed by atoms with E-state index in [-0.39, 0.29) is 12.5 Å². The number of ether oxygens (including phenoxy) is 2. The monoisotopic (exact) mass is 327 g/mol. The van der Waals surface area contributed by atoms with Crippen molar-refractivity contribution in [2.75, 3.05) is 6.61 Å². The molecule has 0 fully saturated rings. The molecule has 2 aromatic rings. The number of aryl methyl sites for hydroxylation is 1. The standard InChI is InChI=1S/C18H21N3O3/c1-21-14-7-3-2-6-12(14)13(20-21)10-19-18(22)17-11-23-15-8-4-5-9-16(15)24-17/h4-5,8-9,17H,2-3,6-7,10-11H2,1H3,(H,19,22)/t17-/m0/s1. The van der Waals surface area contributed by atoms with Crippen LogP contribution in [-0.2, 0) is 31.2 Å². The molecule has 24 heavy (non-hydrogen) atoms. The summed E-state index contributed by atoms with van der Waals surface area (Å²) in [5.74, 6) is 1.12. The summed E-state index contributed by atoms with van der Waals surface area (Å²) in [5.41, 5.74) is 3.57. The molecule has 1 aliphatic heterocycles. The smallest absolute Gasteiger partial charge is 0.265 e. The summed E-state index contributed by atoms with van der Waals surface area (Å²) in [6.07, 6.45) is 3.90. The Bertz CT molecular complexity index is 769. The number of rotatable bonds is 3. The zero-order valence-electron chi connectivity index (χ0n) is 13.7. The Kier molecular flexibility index (Phi) is 3.88. The first kappa shape index (κ1) is 15.1. The number of nitrogens with one attached hydrogen (secondary N) is 1. The Hall–Kier alpha value is -2.50. The fraction of sp³-hybridized carbons (Fsp3) is 0.444. The van der Waals surface area contributed by atoms with Crippen molar-refractivity contribution in [3.8, 4) is 11.5 Å². The summed E-state index contributed by atoms with van der Waals surface area (Å²) in [5, 5.41) is 7.52. The molecule has 0 bridgehead atoms. The van der Waals surface area contributed by atoms with Gasteiger partial charge in [0.25, 0.3) is 5.91 Å². The molecule has 1 amide bonds. The highest BCUT2D eigenvalue weighted by Gasteiger charge is 2.28. The summed E-state index contributed by atoms with van der Waals surface area (Å²) in [4.78, 5) is 12.4. The molecule has 1 aliphatic carbocycles. The quantitative estimate of drug-likeness (QED) is 0.933. The third-order valence-corrected chi connectivity index (χ3v) is 4.68. The third-order valence-electron chi connectivity index (χ3n) is 4.68. The van der Waals surface area contributed by atoms with Gasteiger partial charge in [0.2, 0.25) is 6.10 Å². The first-order chi connectivity index (χ1) is 11.7. The van der Waals surface area contributed by atoms with Gasteiger partial charge in [0.15, 0.2) is 11.5 Å². The normalized spacial score (nSPS) is 18.8. The molecule has 1 aromatic heterocycles. The number of fused-ring (bicyclic) bond motifs is 2. The summed E-state index contributed by atoms with van der Waals surface area (Å²) in [7, 11) is 1.98. The molecule has 0 saturated heterocycles. The number of hydrogen-bond acceptors (Lipinski definition) is 4. The van der Waals surface area contributed by atoms with Crippen molar-refractivity contribution >= 4 is 5.91 Å². The van der Waals surface area contributed by atoms with Gasteiger partial charge in [-0.1, -0.05) is 12.1 Å². The van der Waals surface area contributed by atoms with E-state index in [1.807, 2.05) is 36.0 Å². The van der Waals surface area contributed by atoms with Crippen LogP contribution in [0.3, 0.4) is 0 Å². The van der Waals surface area contributed by atoms with Crippen molar-refractivity contribution in [1.82, 2.24) is 15.1 Å². The molecule has 2 aliphatic rings. The molecule has 0 saturated carbocycles. The molecule has 4 rings (SSSR count). The van der Waals surface area contributed by atoms with E-state index in [9.17, 15) is 4.79 Å². The predicted molar refractivity (Wildman–Crippen MR) is 88.0 cm³/mol. The maximum absolute atomic E-state index is 12.4. The van der Waals surface area contributed by atoms with Crippen LogP contribution in [0.5, 0.6) is 11.5 Å². The molecule has 1 aromatic carbocycles. The van der Waals surface area contributed by atoms with Crippen LogP contribution in [0.25, 0.3) is 0 Å². The highest BCUT2D eigenvalue weighted by atomic mass is 16.6. The summed E-state index contributed by atoms with van der Waals surface area (Å²) < 4.78 is 13.3. The van der Waals surface area contributed by atoms with E-state index >= 15 is 0 Å². The van der Waals surface area contributed by atoms with Gasteiger partial charge in [-0.25, -0.2) is 0 Å². The lowest BCUT2D eigenvalue weighted by atomic mass is 9.96. The molecule has 126 valence electrons. The molecule has 0 unspecified atom stereocenters. The topological polar surface area (TPSA) is 65.4 Å². The Labute approximate surface area is 140 Å². The van der Waals surface area contributed by atoms with Gasteiger partial charge < -0.3 is 14.8 Å². The molecule has 0 spiro atoms. The molecule has 2 heterocycles. The van der Waals surface area contributed by atoms with Crippen LogP contribution < -0.4 is 14.8 Å². The first-order valence-corrected chi connectivity index (χ1v) is 8.42. The predicted octanol–water partition coefficient (Wildman–Crippen LogP) is 1.76. The SMILES string of the molecule is Cn1nc(CNC(=O)[C@@H]2COc3ccccc3O2)c2c1CCCC2. The van der Waals surface area contributed by atoms with Gasteiger partial charge in [0.1, 0.15) is 6.61 Å². The molecule has 6 nitrogen and oxygen atoms in total. The lowest BCUT2D eigenvalue weighted by Crippen LogP contribution is -2.43. The third kappa shape index (κ3) is 2.72. The largest absolute Gasteiger partial charge is 0.485 e. The van der Waals surface area contributed by atoms with E-state index < -0.39 is 6.10 Å². The molecule has 1 atom stereocenters. The van der Waals surface area contributed by atoms with Gasteiger partial charge in [-0.15, -0.1) is 0 Å². The van der Waals surface area contributed by atoms with Crippen molar-refractivity contribution in [3.63, 3.8) is 0 Å². The second-order valence-electron chi connectivity index (χ2n) is 6.28. The highest BCUT2D eigenvalue weighted by molar-refractivity contribution is 5.81. The van der Waals surface area contributed by atoms with Crippen LogP contribution in [0.1, 0.15) is 29.8 Å². The number of para-hydroxylation sites is 2. The molecule has 1 N–H and O–H groups in total. The molecule has 6 heteroatoms. The lowest BCUT2D eigenvalue weighted by Gasteiger charge is -2.25. The highest BCUT2D eigenvalue weighted by Crippen LogP contribution is 2.31. The maximum atomic E-state index is 12.4. The number of carbonyl (C=O) groups excluding carboxylic acids is 1. The number of benzene rings is 1. The van der Waals surface area contributed by atoms with E-state index in [1.165, 1.54) is 24.1 Å². The summed E-state index contributed by atoms with van der Waals surface area (Å²) in [6.45, 7) is 0.659. The minimum absolute atomic E-state index is 0.167. The van der Waals surface area contributed by atoms with Gasteiger partial charge in [-0.3, -0.25) is 9.48 Å². The molecular formula is C18H21N3O3. The number of amides is 1. The fourth-order valence-electron chi connectivity index (χ4n) is 3.43. The van der Waals surface area contributed by atoms with Gasteiger partial charge in [-0.05, 0) is 43.4 Å². The average molecular weight is 327 g/mol. The van der Waals surface area contributed by atoms with E-state index in [0.29, 0.717) is 18.0 Å². The lowest BCUT2D eigenvalue weighted by molar-refractivity contribution is -0.130. The maximum Gasteiger partial charge on any atom is 0.265 e. The van der Waals surface area contributed by atoms with Crippen molar-refractivity contribution < 1.29 is 14.3 Å². The van der Waals surface area contributed by atoms with Crippen LogP contribution in [0.4, 0.5) is 0 Å². The van der Waals surface area contributed by atoms with E-state index in [4.69, 9.17) is 9.47 Å². The zero-order chi connectivity index (χ0) is 16.5. The van der Waals surface area contributed by atoms with Gasteiger partial charge >= 0.3 is 0 Å². The average Bonchev–Trinajstić information content (AvgIpc) is 2.95. The Morgan fingerprint density at radius 2 is 2.08 bits per heavy atom. The zero-order valence-corrected chi connectivity index (χ0v) is 13.7. The van der Waals surface area contributed by atoms with Crippen LogP contribution >= 0.6 is 0 Å². The van der Waals surface area contributed by atoms with Crippen LogP contribution in [0.15, 0.2) is 24.3 Å². The van der Waals surface area contributed by atoms with E-state index in [1.54, 1.807) is 0 Å². The Morgan fingerprint density at radius 1 is 1.29 bits per heavy atom. The van der Waals surface area contributed by atoms with Crippen molar-refractivity contribution in [2.45, 2.75) is 38.3 Å². The van der Waals surface area contributed by atoms with Crippen LogP contribution in [-0.4, -0.2) is 28.4 Å². The van der Waals surface area contributed by atoms with Crippen molar-refractivity contribution in [3.05, 3.63) is 41.2 Å². The first-order valence-electron chi connectivity index (χ1n) is 8.42.